The van der Waals surface area contributed by atoms with Crippen LogP contribution in [0.3, 0.4) is 0 Å². The standard InChI is InChI=1S/C23H31N3O3/c1-18-4-9-22(28-3)20(14-18)16-25(2)17-23(27)24-21-7-5-19(6-8-21)15-26-10-12-29-13-11-26/h4-9,14H,10-13,15-17H2,1-3H3,(H,24,27). The van der Waals surface area contributed by atoms with Gasteiger partial charge in [0, 0.05) is 37.4 Å². The first-order valence-electron chi connectivity index (χ1n) is 10.0. The summed E-state index contributed by atoms with van der Waals surface area (Å²) in [5.74, 6) is 0.818. The molecule has 1 aliphatic rings. The van der Waals surface area contributed by atoms with Gasteiger partial charge in [0.25, 0.3) is 0 Å². The van der Waals surface area contributed by atoms with Crippen LogP contribution < -0.4 is 10.1 Å². The number of morpholine rings is 1. The Hall–Kier alpha value is -2.41. The van der Waals surface area contributed by atoms with Crippen molar-refractivity contribution < 1.29 is 14.3 Å². The van der Waals surface area contributed by atoms with E-state index in [4.69, 9.17) is 9.47 Å². The monoisotopic (exact) mass is 397 g/mol. The molecule has 2 aromatic rings. The third-order valence-electron chi connectivity index (χ3n) is 5.04. The SMILES string of the molecule is COc1ccc(C)cc1CN(C)CC(=O)Nc1ccc(CN2CCOCC2)cc1. The van der Waals surface area contributed by atoms with Gasteiger partial charge in [-0.1, -0.05) is 29.8 Å². The summed E-state index contributed by atoms with van der Waals surface area (Å²) in [6, 6.07) is 14.2. The third kappa shape index (κ3) is 6.56. The molecule has 3 rings (SSSR count). The van der Waals surface area contributed by atoms with Crippen molar-refractivity contribution >= 4 is 11.6 Å². The van der Waals surface area contributed by atoms with Crippen LogP contribution >= 0.6 is 0 Å². The van der Waals surface area contributed by atoms with Crippen molar-refractivity contribution in [2.45, 2.75) is 20.0 Å². The lowest BCUT2D eigenvalue weighted by Crippen LogP contribution is -2.35. The molecule has 2 aromatic carbocycles. The molecule has 1 aliphatic heterocycles. The summed E-state index contributed by atoms with van der Waals surface area (Å²) in [4.78, 5) is 16.8. The van der Waals surface area contributed by atoms with Crippen LogP contribution in [0.2, 0.25) is 0 Å². The van der Waals surface area contributed by atoms with Crippen LogP contribution in [0.4, 0.5) is 5.69 Å². The van der Waals surface area contributed by atoms with Crippen molar-refractivity contribution in [1.29, 1.82) is 0 Å². The lowest BCUT2D eigenvalue weighted by atomic mass is 10.1. The molecule has 0 unspecified atom stereocenters. The highest BCUT2D eigenvalue weighted by Crippen LogP contribution is 2.21. The predicted octanol–water partition coefficient (Wildman–Crippen LogP) is 2.91. The number of aryl methyl sites for hydroxylation is 1. The van der Waals surface area contributed by atoms with Gasteiger partial charge in [-0.25, -0.2) is 0 Å². The number of hydrogen-bond donors (Lipinski definition) is 1. The average Bonchev–Trinajstić information content (AvgIpc) is 2.70. The molecule has 1 fully saturated rings. The molecule has 1 amide bonds. The third-order valence-corrected chi connectivity index (χ3v) is 5.04. The van der Waals surface area contributed by atoms with E-state index in [9.17, 15) is 4.79 Å². The zero-order valence-electron chi connectivity index (χ0n) is 17.6. The number of carbonyl (C=O) groups is 1. The van der Waals surface area contributed by atoms with Gasteiger partial charge < -0.3 is 14.8 Å². The number of likely N-dealkylation sites (N-methyl/N-ethyl adjacent to an activating group) is 1. The maximum atomic E-state index is 12.4. The number of carbonyl (C=O) groups excluding carboxylic acids is 1. The Morgan fingerprint density at radius 2 is 1.90 bits per heavy atom. The zero-order chi connectivity index (χ0) is 20.6. The number of rotatable bonds is 8. The molecule has 1 heterocycles. The topological polar surface area (TPSA) is 54.0 Å². The summed E-state index contributed by atoms with van der Waals surface area (Å²) in [6.07, 6.45) is 0. The van der Waals surface area contributed by atoms with Crippen LogP contribution in [0.25, 0.3) is 0 Å². The molecule has 0 spiro atoms. The van der Waals surface area contributed by atoms with E-state index in [1.54, 1.807) is 7.11 Å². The van der Waals surface area contributed by atoms with Crippen molar-refractivity contribution in [1.82, 2.24) is 9.80 Å². The van der Waals surface area contributed by atoms with Crippen molar-refractivity contribution in [2.24, 2.45) is 0 Å². The fourth-order valence-corrected chi connectivity index (χ4v) is 3.53. The van der Waals surface area contributed by atoms with Gasteiger partial charge in [-0.2, -0.15) is 0 Å². The van der Waals surface area contributed by atoms with Crippen molar-refractivity contribution in [3.05, 3.63) is 59.2 Å². The highest BCUT2D eigenvalue weighted by molar-refractivity contribution is 5.92. The van der Waals surface area contributed by atoms with E-state index in [0.29, 0.717) is 13.1 Å². The average molecular weight is 398 g/mol. The van der Waals surface area contributed by atoms with Gasteiger partial charge >= 0.3 is 0 Å². The Labute approximate surface area is 173 Å². The second kappa shape index (κ2) is 10.4. The lowest BCUT2D eigenvalue weighted by Gasteiger charge is -2.26. The van der Waals surface area contributed by atoms with Gasteiger partial charge in [0.15, 0.2) is 0 Å². The van der Waals surface area contributed by atoms with E-state index in [-0.39, 0.29) is 5.91 Å². The summed E-state index contributed by atoms with van der Waals surface area (Å²) >= 11 is 0. The smallest absolute Gasteiger partial charge is 0.238 e. The first-order valence-corrected chi connectivity index (χ1v) is 10.0. The maximum Gasteiger partial charge on any atom is 0.238 e. The van der Waals surface area contributed by atoms with E-state index in [2.05, 4.69) is 35.3 Å². The maximum absolute atomic E-state index is 12.4. The van der Waals surface area contributed by atoms with Gasteiger partial charge in [0.1, 0.15) is 5.75 Å². The fourth-order valence-electron chi connectivity index (χ4n) is 3.53. The minimum atomic E-state index is -0.0277. The van der Waals surface area contributed by atoms with Crippen LogP contribution in [0.5, 0.6) is 5.75 Å². The zero-order valence-corrected chi connectivity index (χ0v) is 17.6. The molecular weight excluding hydrogens is 366 g/mol. The molecule has 0 radical (unpaired) electrons. The number of nitrogens with zero attached hydrogens (tertiary/aromatic N) is 2. The molecule has 0 atom stereocenters. The molecule has 156 valence electrons. The lowest BCUT2D eigenvalue weighted by molar-refractivity contribution is -0.117. The molecule has 29 heavy (non-hydrogen) atoms. The number of amides is 1. The Morgan fingerprint density at radius 1 is 1.17 bits per heavy atom. The van der Waals surface area contributed by atoms with E-state index in [1.165, 1.54) is 11.1 Å². The second-order valence-corrected chi connectivity index (χ2v) is 7.62. The fraction of sp³-hybridized carbons (Fsp3) is 0.435. The number of benzene rings is 2. The van der Waals surface area contributed by atoms with Crippen LogP contribution in [0.1, 0.15) is 16.7 Å². The summed E-state index contributed by atoms with van der Waals surface area (Å²) in [5, 5.41) is 2.98. The first kappa shape index (κ1) is 21.3. The molecule has 6 heteroatoms. The Kier molecular flexibility index (Phi) is 7.63. The van der Waals surface area contributed by atoms with Gasteiger partial charge in [-0.3, -0.25) is 14.6 Å². The Balaban J connectivity index is 1.49. The molecule has 0 bridgehead atoms. The molecule has 0 aromatic heterocycles. The van der Waals surface area contributed by atoms with Crippen molar-refractivity contribution in [2.75, 3.05) is 52.3 Å². The first-order chi connectivity index (χ1) is 14.0. The summed E-state index contributed by atoms with van der Waals surface area (Å²) < 4.78 is 10.8. The number of anilines is 1. The highest BCUT2D eigenvalue weighted by atomic mass is 16.5. The predicted molar refractivity (Wildman–Crippen MR) is 115 cm³/mol. The molecule has 6 nitrogen and oxygen atoms in total. The molecule has 0 saturated carbocycles. The number of methoxy groups -OCH3 is 1. The van der Waals surface area contributed by atoms with Gasteiger partial charge in [0.2, 0.25) is 5.91 Å². The minimum absolute atomic E-state index is 0.0277. The minimum Gasteiger partial charge on any atom is -0.496 e. The number of ether oxygens (including phenoxy) is 2. The van der Waals surface area contributed by atoms with E-state index in [0.717, 1.165) is 49.8 Å². The summed E-state index contributed by atoms with van der Waals surface area (Å²) in [6.45, 7) is 7.47. The van der Waals surface area contributed by atoms with Crippen molar-refractivity contribution in [3.8, 4) is 5.75 Å². The number of hydrogen-bond acceptors (Lipinski definition) is 5. The van der Waals surface area contributed by atoms with E-state index in [1.807, 2.05) is 36.2 Å². The van der Waals surface area contributed by atoms with Gasteiger partial charge in [-0.05, 0) is 37.7 Å². The largest absolute Gasteiger partial charge is 0.496 e. The van der Waals surface area contributed by atoms with Crippen molar-refractivity contribution in [3.63, 3.8) is 0 Å². The van der Waals surface area contributed by atoms with Crippen LogP contribution in [0.15, 0.2) is 42.5 Å². The van der Waals surface area contributed by atoms with E-state index >= 15 is 0 Å². The molecular formula is C23H31N3O3. The molecule has 0 aliphatic carbocycles. The van der Waals surface area contributed by atoms with Gasteiger partial charge in [-0.15, -0.1) is 0 Å². The highest BCUT2D eigenvalue weighted by Gasteiger charge is 2.12. The summed E-state index contributed by atoms with van der Waals surface area (Å²) in [7, 11) is 3.61. The number of nitrogens with one attached hydrogen (secondary N) is 1. The molecule has 1 saturated heterocycles. The Morgan fingerprint density at radius 3 is 2.59 bits per heavy atom. The summed E-state index contributed by atoms with van der Waals surface area (Å²) in [5.41, 5.74) is 4.32. The van der Waals surface area contributed by atoms with Gasteiger partial charge in [0.05, 0.1) is 26.9 Å². The Bertz CT molecular complexity index is 802. The normalized spacial score (nSPS) is 14.8. The van der Waals surface area contributed by atoms with Crippen LogP contribution in [-0.2, 0) is 22.6 Å². The van der Waals surface area contributed by atoms with Crippen LogP contribution in [-0.4, -0.2) is 62.7 Å². The van der Waals surface area contributed by atoms with Crippen LogP contribution in [0, 0.1) is 6.92 Å². The second-order valence-electron chi connectivity index (χ2n) is 7.62. The van der Waals surface area contributed by atoms with E-state index < -0.39 is 0 Å². The quantitative estimate of drug-likeness (QED) is 0.742. The molecule has 1 N–H and O–H groups in total.